The van der Waals surface area contributed by atoms with Crippen molar-refractivity contribution in [3.8, 4) is 0 Å². The summed E-state index contributed by atoms with van der Waals surface area (Å²) in [5.41, 5.74) is 0.902. The zero-order valence-corrected chi connectivity index (χ0v) is 14.8. The van der Waals surface area contributed by atoms with Crippen molar-refractivity contribution in [2.24, 2.45) is 0 Å². The van der Waals surface area contributed by atoms with Crippen molar-refractivity contribution in [1.29, 1.82) is 0 Å². The maximum Gasteiger partial charge on any atom is 0.338 e. The van der Waals surface area contributed by atoms with Crippen molar-refractivity contribution in [3.05, 3.63) is 35.4 Å². The molecule has 0 saturated carbocycles. The molecule has 1 aliphatic heterocycles. The van der Waals surface area contributed by atoms with Gasteiger partial charge in [0.2, 0.25) is 0 Å². The number of esters is 1. The first-order valence-electron chi connectivity index (χ1n) is 7.99. The van der Waals surface area contributed by atoms with Gasteiger partial charge in [-0.15, -0.1) is 0 Å². The smallest absolute Gasteiger partial charge is 0.338 e. The fraction of sp³-hybridized carbons (Fsp3) is 0.529. The van der Waals surface area contributed by atoms with E-state index >= 15 is 0 Å². The quantitative estimate of drug-likeness (QED) is 0.754. The maximum atomic E-state index is 12.1. The highest BCUT2D eigenvalue weighted by atomic mass is 32.2. The van der Waals surface area contributed by atoms with Crippen LogP contribution < -0.4 is 0 Å². The lowest BCUT2D eigenvalue weighted by Crippen LogP contribution is -2.44. The number of hydrogen-bond donors (Lipinski definition) is 0. The van der Waals surface area contributed by atoms with Gasteiger partial charge in [0.1, 0.15) is 0 Å². The van der Waals surface area contributed by atoms with Gasteiger partial charge in [-0.2, -0.15) is 0 Å². The van der Waals surface area contributed by atoms with Crippen LogP contribution in [0.2, 0.25) is 0 Å². The van der Waals surface area contributed by atoms with Crippen LogP contribution in [0.1, 0.15) is 42.1 Å². The van der Waals surface area contributed by atoms with Gasteiger partial charge in [-0.3, -0.25) is 4.79 Å². The molecule has 1 saturated heterocycles. The van der Waals surface area contributed by atoms with E-state index in [-0.39, 0.29) is 24.3 Å². The summed E-state index contributed by atoms with van der Waals surface area (Å²) >= 11 is 0. The molecule has 1 aliphatic rings. The highest BCUT2D eigenvalue weighted by Gasteiger charge is 2.24. The lowest BCUT2D eigenvalue weighted by Gasteiger charge is -2.33. The molecule has 0 radical (unpaired) electrons. The lowest BCUT2D eigenvalue weighted by molar-refractivity contribution is -0.137. The number of carbonyl (C=O) groups excluding carboxylic acids is 2. The molecule has 2 rings (SSSR count). The zero-order valence-electron chi connectivity index (χ0n) is 14.0. The van der Waals surface area contributed by atoms with Crippen LogP contribution in [0.3, 0.4) is 0 Å². The Labute approximate surface area is 142 Å². The number of amides is 1. The summed E-state index contributed by atoms with van der Waals surface area (Å²) in [6, 6.07) is 6.35. The molecule has 1 fully saturated rings. The van der Waals surface area contributed by atoms with E-state index in [0.717, 1.165) is 25.5 Å². The predicted molar refractivity (Wildman–Crippen MR) is 90.3 cm³/mol. The second-order valence-electron chi connectivity index (χ2n) is 6.28. The third-order valence-corrected chi connectivity index (χ3v) is 4.93. The van der Waals surface area contributed by atoms with Crippen LogP contribution in [0, 0.1) is 0 Å². The molecule has 1 aromatic rings. The molecular formula is C17H23NO5S. The Hall–Kier alpha value is -1.89. The summed E-state index contributed by atoms with van der Waals surface area (Å²) in [6.45, 7) is 2.44. The number of benzene rings is 1. The molecule has 1 aromatic carbocycles. The van der Waals surface area contributed by atoms with E-state index in [1.165, 1.54) is 12.1 Å². The Balaban J connectivity index is 1.89. The van der Waals surface area contributed by atoms with Gasteiger partial charge in [0.15, 0.2) is 16.4 Å². The largest absolute Gasteiger partial charge is 0.452 e. The molecule has 0 unspecified atom stereocenters. The van der Waals surface area contributed by atoms with Crippen molar-refractivity contribution in [3.63, 3.8) is 0 Å². The Morgan fingerprint density at radius 1 is 1.21 bits per heavy atom. The average molecular weight is 353 g/mol. The van der Waals surface area contributed by atoms with Crippen LogP contribution in [0.5, 0.6) is 0 Å². The SMILES string of the molecule is C[C@@H]1CCCCN1C(=O)COC(=O)c1ccc(CS(C)(=O)=O)cc1. The van der Waals surface area contributed by atoms with Crippen molar-refractivity contribution in [1.82, 2.24) is 4.90 Å². The van der Waals surface area contributed by atoms with Gasteiger partial charge in [0.25, 0.3) is 5.91 Å². The number of hydrogen-bond acceptors (Lipinski definition) is 5. The number of nitrogens with zero attached hydrogens (tertiary/aromatic N) is 1. The van der Waals surface area contributed by atoms with E-state index in [1.807, 2.05) is 6.92 Å². The first-order valence-corrected chi connectivity index (χ1v) is 10.1. The molecule has 1 heterocycles. The fourth-order valence-electron chi connectivity index (χ4n) is 2.80. The van der Waals surface area contributed by atoms with Crippen LogP contribution >= 0.6 is 0 Å². The minimum atomic E-state index is -3.12. The lowest BCUT2D eigenvalue weighted by atomic mass is 10.0. The van der Waals surface area contributed by atoms with Crippen LogP contribution in [0.4, 0.5) is 0 Å². The molecule has 6 nitrogen and oxygen atoms in total. The number of likely N-dealkylation sites (tertiary alicyclic amines) is 1. The first-order chi connectivity index (χ1) is 11.3. The minimum Gasteiger partial charge on any atom is -0.452 e. The first kappa shape index (κ1) is 18.4. The second kappa shape index (κ2) is 7.79. The van der Waals surface area contributed by atoms with Crippen LogP contribution in [-0.4, -0.2) is 50.6 Å². The van der Waals surface area contributed by atoms with Crippen molar-refractivity contribution < 1.29 is 22.7 Å². The average Bonchev–Trinajstić information content (AvgIpc) is 2.52. The van der Waals surface area contributed by atoms with Gasteiger partial charge in [0.05, 0.1) is 11.3 Å². The molecule has 0 aliphatic carbocycles. The molecule has 0 aromatic heterocycles. The Morgan fingerprint density at radius 2 is 1.88 bits per heavy atom. The number of carbonyl (C=O) groups is 2. The molecule has 1 atom stereocenters. The van der Waals surface area contributed by atoms with E-state index in [0.29, 0.717) is 17.7 Å². The van der Waals surface area contributed by atoms with E-state index < -0.39 is 15.8 Å². The van der Waals surface area contributed by atoms with E-state index in [1.54, 1.807) is 17.0 Å². The number of rotatable bonds is 5. The summed E-state index contributed by atoms with van der Waals surface area (Å²) in [7, 11) is -3.12. The van der Waals surface area contributed by atoms with Gasteiger partial charge >= 0.3 is 5.97 Å². The Morgan fingerprint density at radius 3 is 2.46 bits per heavy atom. The fourth-order valence-corrected chi connectivity index (χ4v) is 3.60. The van der Waals surface area contributed by atoms with Crippen LogP contribution in [0.25, 0.3) is 0 Å². The topological polar surface area (TPSA) is 80.8 Å². The number of sulfone groups is 1. The van der Waals surface area contributed by atoms with Crippen LogP contribution in [-0.2, 0) is 25.1 Å². The molecule has 132 valence electrons. The van der Waals surface area contributed by atoms with Gasteiger partial charge in [0, 0.05) is 18.8 Å². The minimum absolute atomic E-state index is 0.0757. The summed E-state index contributed by atoms with van der Waals surface area (Å²) in [4.78, 5) is 25.9. The Bertz CT molecular complexity index is 696. The highest BCUT2D eigenvalue weighted by molar-refractivity contribution is 7.89. The monoisotopic (exact) mass is 353 g/mol. The van der Waals surface area contributed by atoms with Crippen molar-refractivity contribution in [2.75, 3.05) is 19.4 Å². The molecular weight excluding hydrogens is 330 g/mol. The second-order valence-corrected chi connectivity index (χ2v) is 8.42. The molecule has 0 spiro atoms. The number of piperidine rings is 1. The predicted octanol–water partition coefficient (Wildman–Crippen LogP) is 1.79. The third-order valence-electron chi connectivity index (χ3n) is 4.07. The summed E-state index contributed by atoms with van der Waals surface area (Å²) in [6.07, 6.45) is 4.22. The van der Waals surface area contributed by atoms with E-state index in [2.05, 4.69) is 0 Å². The zero-order chi connectivity index (χ0) is 17.7. The van der Waals surface area contributed by atoms with Gasteiger partial charge in [-0.05, 0) is 43.9 Å². The van der Waals surface area contributed by atoms with Gasteiger partial charge in [-0.1, -0.05) is 12.1 Å². The van der Waals surface area contributed by atoms with Crippen LogP contribution in [0.15, 0.2) is 24.3 Å². The standard InChI is InChI=1S/C17H23NO5S/c1-13-5-3-4-10-18(13)16(19)11-23-17(20)15-8-6-14(7-9-15)12-24(2,21)22/h6-9,13H,3-5,10-12H2,1-2H3/t13-/m1/s1. The number of ether oxygens (including phenoxy) is 1. The molecule has 0 N–H and O–H groups in total. The Kier molecular flexibility index (Phi) is 5.99. The van der Waals surface area contributed by atoms with E-state index in [9.17, 15) is 18.0 Å². The summed E-state index contributed by atoms with van der Waals surface area (Å²) in [5.74, 6) is -0.837. The highest BCUT2D eigenvalue weighted by Crippen LogP contribution is 2.16. The third kappa shape index (κ3) is 5.33. The molecule has 1 amide bonds. The van der Waals surface area contributed by atoms with Gasteiger partial charge in [-0.25, -0.2) is 13.2 Å². The maximum absolute atomic E-state index is 12.1. The van der Waals surface area contributed by atoms with E-state index in [4.69, 9.17) is 4.74 Å². The molecule has 24 heavy (non-hydrogen) atoms. The van der Waals surface area contributed by atoms with Gasteiger partial charge < -0.3 is 9.64 Å². The normalized spacial score (nSPS) is 18.2. The summed E-state index contributed by atoms with van der Waals surface area (Å²) in [5, 5.41) is 0. The molecule has 0 bridgehead atoms. The van der Waals surface area contributed by atoms with Crippen molar-refractivity contribution >= 4 is 21.7 Å². The van der Waals surface area contributed by atoms with Crippen molar-refractivity contribution in [2.45, 2.75) is 38.0 Å². The summed E-state index contributed by atoms with van der Waals surface area (Å²) < 4.78 is 27.6. The molecule has 7 heteroatoms.